The number of carbonyl (C=O) groups is 3. The molecule has 0 aliphatic rings. The highest BCUT2D eigenvalue weighted by atomic mass is 35.5. The molecule has 2 aromatic carbocycles. The van der Waals surface area contributed by atoms with E-state index in [1.807, 2.05) is 20.8 Å². The first-order chi connectivity index (χ1) is 15.3. The fourth-order valence-corrected chi connectivity index (χ4v) is 3.12. The first kappa shape index (κ1) is 25.2. The van der Waals surface area contributed by atoms with Crippen LogP contribution in [0.25, 0.3) is 0 Å². The molecule has 0 saturated heterocycles. The number of ether oxygens (including phenoxy) is 1. The van der Waals surface area contributed by atoms with E-state index < -0.39 is 6.04 Å². The van der Waals surface area contributed by atoms with Gasteiger partial charge in [0, 0.05) is 29.2 Å². The van der Waals surface area contributed by atoms with Crippen molar-refractivity contribution in [2.24, 2.45) is 5.92 Å². The number of benzene rings is 2. The molecule has 0 aromatic heterocycles. The minimum absolute atomic E-state index is 0.110. The molecule has 0 unspecified atom stereocenters. The van der Waals surface area contributed by atoms with Gasteiger partial charge < -0.3 is 20.7 Å². The highest BCUT2D eigenvalue weighted by Crippen LogP contribution is 2.16. The maximum Gasteiger partial charge on any atom is 0.251 e. The Kier molecular flexibility index (Phi) is 10.0. The first-order valence-electron chi connectivity index (χ1n) is 10.6. The zero-order valence-corrected chi connectivity index (χ0v) is 19.4. The number of amides is 3. The third-order valence-corrected chi connectivity index (χ3v) is 4.79. The predicted octanol–water partition coefficient (Wildman–Crippen LogP) is 4.03. The highest BCUT2D eigenvalue weighted by Gasteiger charge is 2.22. The molecule has 0 bridgehead atoms. The number of hydrogen-bond acceptors (Lipinski definition) is 4. The number of nitrogens with one attached hydrogen (secondary N) is 3. The fraction of sp³-hybridized carbons (Fsp3) is 0.375. The van der Waals surface area contributed by atoms with Gasteiger partial charge in [-0.15, -0.1) is 0 Å². The van der Waals surface area contributed by atoms with Crippen molar-refractivity contribution in [1.82, 2.24) is 10.6 Å². The molecule has 7 nitrogen and oxygen atoms in total. The summed E-state index contributed by atoms with van der Waals surface area (Å²) in [5.74, 6) is 0.0273. The van der Waals surface area contributed by atoms with Crippen molar-refractivity contribution in [3.05, 3.63) is 59.1 Å². The van der Waals surface area contributed by atoms with Crippen molar-refractivity contribution in [1.29, 1.82) is 0 Å². The SMILES string of the molecule is CCOc1ccc(NC(=O)CCNC(=O)[C@H](CC(C)C)NC(=O)c2ccc(Cl)cc2)cc1. The normalized spacial score (nSPS) is 11.5. The largest absolute Gasteiger partial charge is 0.494 e. The third-order valence-electron chi connectivity index (χ3n) is 4.54. The Labute approximate surface area is 193 Å². The van der Waals surface area contributed by atoms with Crippen molar-refractivity contribution >= 4 is 35.0 Å². The van der Waals surface area contributed by atoms with E-state index in [0.717, 1.165) is 5.75 Å². The standard InChI is InChI=1S/C24H30ClN3O4/c1-4-32-20-11-9-19(10-12-20)27-22(29)13-14-26-24(31)21(15-16(2)3)28-23(30)17-5-7-18(25)8-6-17/h5-12,16,21H,4,13-15H2,1-3H3,(H,26,31)(H,27,29)(H,28,30)/t21-/m0/s1. The van der Waals surface area contributed by atoms with E-state index in [-0.39, 0.29) is 36.6 Å². The van der Waals surface area contributed by atoms with Gasteiger partial charge in [-0.05, 0) is 67.8 Å². The van der Waals surface area contributed by atoms with E-state index in [4.69, 9.17) is 16.3 Å². The van der Waals surface area contributed by atoms with Gasteiger partial charge in [0.25, 0.3) is 5.91 Å². The first-order valence-corrected chi connectivity index (χ1v) is 11.0. The van der Waals surface area contributed by atoms with Gasteiger partial charge in [0.15, 0.2) is 0 Å². The van der Waals surface area contributed by atoms with Gasteiger partial charge in [-0.3, -0.25) is 14.4 Å². The molecule has 0 spiro atoms. The van der Waals surface area contributed by atoms with E-state index >= 15 is 0 Å². The van der Waals surface area contributed by atoms with E-state index in [1.165, 1.54) is 0 Å². The molecule has 3 N–H and O–H groups in total. The molecule has 0 saturated carbocycles. The average molecular weight is 460 g/mol. The molecule has 2 rings (SSSR count). The van der Waals surface area contributed by atoms with E-state index in [1.54, 1.807) is 48.5 Å². The van der Waals surface area contributed by atoms with Gasteiger partial charge >= 0.3 is 0 Å². The number of rotatable bonds is 11. The van der Waals surface area contributed by atoms with Crippen LogP contribution in [0.4, 0.5) is 5.69 Å². The van der Waals surface area contributed by atoms with Crippen LogP contribution >= 0.6 is 11.6 Å². The number of hydrogen-bond donors (Lipinski definition) is 3. The van der Waals surface area contributed by atoms with Crippen LogP contribution in [0, 0.1) is 5.92 Å². The Morgan fingerprint density at radius 1 is 1.00 bits per heavy atom. The molecule has 0 fully saturated rings. The lowest BCUT2D eigenvalue weighted by atomic mass is 10.0. The molecule has 1 atom stereocenters. The minimum Gasteiger partial charge on any atom is -0.494 e. The van der Waals surface area contributed by atoms with E-state index in [9.17, 15) is 14.4 Å². The van der Waals surface area contributed by atoms with Crippen LogP contribution < -0.4 is 20.7 Å². The summed E-state index contributed by atoms with van der Waals surface area (Å²) in [5, 5.41) is 8.82. The predicted molar refractivity (Wildman–Crippen MR) is 126 cm³/mol. The minimum atomic E-state index is -0.702. The monoisotopic (exact) mass is 459 g/mol. The highest BCUT2D eigenvalue weighted by molar-refractivity contribution is 6.30. The zero-order valence-electron chi connectivity index (χ0n) is 18.6. The summed E-state index contributed by atoms with van der Waals surface area (Å²) in [6, 6.07) is 12.8. The van der Waals surface area contributed by atoms with Gasteiger partial charge in [0.2, 0.25) is 11.8 Å². The van der Waals surface area contributed by atoms with Crippen LogP contribution in [-0.2, 0) is 9.59 Å². The zero-order chi connectivity index (χ0) is 23.5. The molecular weight excluding hydrogens is 430 g/mol. The summed E-state index contributed by atoms with van der Waals surface area (Å²) in [6.07, 6.45) is 0.585. The molecular formula is C24H30ClN3O4. The third kappa shape index (κ3) is 8.59. The Bertz CT molecular complexity index is 898. The van der Waals surface area contributed by atoms with Crippen LogP contribution in [0.1, 0.15) is 44.0 Å². The topological polar surface area (TPSA) is 96.5 Å². The van der Waals surface area contributed by atoms with Crippen LogP contribution in [0.15, 0.2) is 48.5 Å². The van der Waals surface area contributed by atoms with Gasteiger partial charge in [-0.1, -0.05) is 25.4 Å². The van der Waals surface area contributed by atoms with Gasteiger partial charge in [0.05, 0.1) is 6.61 Å². The molecule has 8 heteroatoms. The second-order valence-electron chi connectivity index (χ2n) is 7.71. The summed E-state index contributed by atoms with van der Waals surface area (Å²) in [6.45, 7) is 6.58. The Hall–Kier alpha value is -3.06. The van der Waals surface area contributed by atoms with Crippen LogP contribution in [-0.4, -0.2) is 36.9 Å². The van der Waals surface area contributed by atoms with Crippen LogP contribution in [0.3, 0.4) is 0 Å². The molecule has 172 valence electrons. The van der Waals surface area contributed by atoms with Gasteiger partial charge in [-0.25, -0.2) is 0 Å². The Morgan fingerprint density at radius 3 is 2.25 bits per heavy atom. The molecule has 32 heavy (non-hydrogen) atoms. The number of halogens is 1. The molecule has 0 aliphatic heterocycles. The summed E-state index contributed by atoms with van der Waals surface area (Å²) in [4.78, 5) is 37.3. The van der Waals surface area contributed by atoms with E-state index in [0.29, 0.717) is 29.3 Å². The summed E-state index contributed by atoms with van der Waals surface area (Å²) < 4.78 is 5.37. The lowest BCUT2D eigenvalue weighted by Gasteiger charge is -2.20. The Balaban J connectivity index is 1.84. The average Bonchev–Trinajstić information content (AvgIpc) is 2.75. The fourth-order valence-electron chi connectivity index (χ4n) is 2.99. The Morgan fingerprint density at radius 2 is 1.66 bits per heavy atom. The lowest BCUT2D eigenvalue weighted by Crippen LogP contribution is -2.47. The van der Waals surface area contributed by atoms with Crippen molar-refractivity contribution in [2.75, 3.05) is 18.5 Å². The van der Waals surface area contributed by atoms with Crippen LogP contribution in [0.2, 0.25) is 5.02 Å². The van der Waals surface area contributed by atoms with Crippen molar-refractivity contribution < 1.29 is 19.1 Å². The quantitative estimate of drug-likeness (QED) is 0.472. The van der Waals surface area contributed by atoms with Crippen LogP contribution in [0.5, 0.6) is 5.75 Å². The molecule has 0 radical (unpaired) electrons. The summed E-state index contributed by atoms with van der Waals surface area (Å²) in [5.41, 5.74) is 1.07. The smallest absolute Gasteiger partial charge is 0.251 e. The lowest BCUT2D eigenvalue weighted by molar-refractivity contribution is -0.123. The van der Waals surface area contributed by atoms with E-state index in [2.05, 4.69) is 16.0 Å². The number of carbonyl (C=O) groups excluding carboxylic acids is 3. The summed E-state index contributed by atoms with van der Waals surface area (Å²) >= 11 is 5.86. The van der Waals surface area contributed by atoms with Gasteiger partial charge in [0.1, 0.15) is 11.8 Å². The maximum absolute atomic E-state index is 12.6. The van der Waals surface area contributed by atoms with Crippen molar-refractivity contribution in [3.8, 4) is 5.75 Å². The molecule has 0 aliphatic carbocycles. The number of anilines is 1. The van der Waals surface area contributed by atoms with Crippen molar-refractivity contribution in [2.45, 2.75) is 39.7 Å². The second kappa shape index (κ2) is 12.7. The maximum atomic E-state index is 12.6. The molecule has 0 heterocycles. The molecule has 3 amide bonds. The molecule has 2 aromatic rings. The van der Waals surface area contributed by atoms with Gasteiger partial charge in [-0.2, -0.15) is 0 Å². The van der Waals surface area contributed by atoms with Crippen molar-refractivity contribution in [3.63, 3.8) is 0 Å². The summed E-state index contributed by atoms with van der Waals surface area (Å²) in [7, 11) is 0. The second-order valence-corrected chi connectivity index (χ2v) is 8.15.